The number of amides is 2. The number of nitrogens with one attached hydrogen (secondary N) is 2. The quantitative estimate of drug-likeness (QED) is 0.316. The number of nitrogens with zero attached hydrogens (tertiary/aromatic N) is 6. The zero-order valence-corrected chi connectivity index (χ0v) is 24.8. The Morgan fingerprint density at radius 3 is 2.51 bits per heavy atom. The molecule has 41 heavy (non-hydrogen) atoms. The number of thiazole rings is 1. The van der Waals surface area contributed by atoms with Gasteiger partial charge in [-0.25, -0.2) is 23.4 Å². The number of imidazole rings is 1. The zero-order chi connectivity index (χ0) is 28.6. The number of fused-ring (bicyclic) bond motifs is 3. The third kappa shape index (κ3) is 4.66. The molecule has 7 rings (SSSR count). The molecule has 1 atom stereocenters. The highest BCUT2D eigenvalue weighted by atomic mass is 32.2. The van der Waals surface area contributed by atoms with E-state index in [1.165, 1.54) is 11.3 Å². The summed E-state index contributed by atoms with van der Waals surface area (Å²) >= 11 is 1.18. The molecule has 4 aromatic heterocycles. The highest BCUT2D eigenvalue weighted by Crippen LogP contribution is 2.40. The molecular weight excluding hydrogens is 564 g/mol. The second-order valence-electron chi connectivity index (χ2n) is 11.3. The van der Waals surface area contributed by atoms with Gasteiger partial charge in [0.2, 0.25) is 0 Å². The first-order chi connectivity index (χ1) is 19.6. The van der Waals surface area contributed by atoms with Gasteiger partial charge in [0.05, 0.1) is 29.0 Å². The lowest BCUT2D eigenvalue weighted by Gasteiger charge is -2.22. The van der Waals surface area contributed by atoms with Crippen LogP contribution in [0.2, 0.25) is 0 Å². The molecule has 3 aliphatic rings. The van der Waals surface area contributed by atoms with Crippen molar-refractivity contribution in [3.05, 3.63) is 28.7 Å². The lowest BCUT2D eigenvalue weighted by molar-refractivity contribution is 0.0719. The van der Waals surface area contributed by atoms with Gasteiger partial charge in [-0.1, -0.05) is 11.3 Å². The van der Waals surface area contributed by atoms with Crippen molar-refractivity contribution in [1.82, 2.24) is 34.3 Å². The van der Waals surface area contributed by atoms with Gasteiger partial charge >= 0.3 is 0 Å². The topological polar surface area (TPSA) is 144 Å². The van der Waals surface area contributed by atoms with Gasteiger partial charge in [-0.15, -0.1) is 0 Å². The van der Waals surface area contributed by atoms with Crippen LogP contribution in [0.3, 0.4) is 0 Å². The van der Waals surface area contributed by atoms with Crippen LogP contribution in [0.5, 0.6) is 0 Å². The maximum Gasteiger partial charge on any atom is 0.271 e. The molecule has 2 saturated carbocycles. The summed E-state index contributed by atoms with van der Waals surface area (Å²) < 4.78 is 27.5. The van der Waals surface area contributed by atoms with Gasteiger partial charge in [0.15, 0.2) is 20.8 Å². The van der Waals surface area contributed by atoms with Crippen molar-refractivity contribution in [3.63, 3.8) is 0 Å². The molecule has 12 nitrogen and oxygen atoms in total. The minimum atomic E-state index is -3.10. The van der Waals surface area contributed by atoms with E-state index >= 15 is 0 Å². The Bertz CT molecular complexity index is 1820. The maximum atomic E-state index is 13.8. The van der Waals surface area contributed by atoms with Crippen LogP contribution in [0.15, 0.2) is 12.4 Å². The summed E-state index contributed by atoms with van der Waals surface area (Å²) in [7, 11) is -1.18. The third-order valence-electron chi connectivity index (χ3n) is 8.15. The second kappa shape index (κ2) is 9.51. The van der Waals surface area contributed by atoms with Crippen LogP contribution >= 0.6 is 11.3 Å². The van der Waals surface area contributed by atoms with Crippen molar-refractivity contribution in [2.24, 2.45) is 7.05 Å². The highest BCUT2D eigenvalue weighted by Gasteiger charge is 2.43. The first-order valence-electron chi connectivity index (χ1n) is 14.1. The second-order valence-corrected chi connectivity index (χ2v) is 14.6. The number of sulfone groups is 1. The Balaban J connectivity index is 1.24. The zero-order valence-electron chi connectivity index (χ0n) is 23.2. The summed E-state index contributed by atoms with van der Waals surface area (Å²) in [6.07, 6.45) is 6.42. The number of carbonyl (C=O) groups is 2. The Hall–Kier alpha value is -3.52. The summed E-state index contributed by atoms with van der Waals surface area (Å²) in [4.78, 5) is 43.4. The van der Waals surface area contributed by atoms with Gasteiger partial charge in [-0.3, -0.25) is 9.59 Å². The molecule has 0 spiro atoms. The number of anilines is 2. The van der Waals surface area contributed by atoms with Gasteiger partial charge in [0, 0.05) is 37.1 Å². The van der Waals surface area contributed by atoms with E-state index in [4.69, 9.17) is 4.98 Å². The van der Waals surface area contributed by atoms with Crippen molar-refractivity contribution < 1.29 is 18.0 Å². The predicted octanol–water partition coefficient (Wildman–Crippen LogP) is 3.14. The van der Waals surface area contributed by atoms with Crippen LogP contribution in [0.1, 0.15) is 64.9 Å². The monoisotopic (exact) mass is 596 g/mol. The lowest BCUT2D eigenvalue weighted by Crippen LogP contribution is -2.36. The maximum absolute atomic E-state index is 13.8. The van der Waals surface area contributed by atoms with E-state index in [1.807, 2.05) is 29.2 Å². The minimum absolute atomic E-state index is 0.0378. The summed E-state index contributed by atoms with van der Waals surface area (Å²) in [6, 6.07) is 2.26. The summed E-state index contributed by atoms with van der Waals surface area (Å²) in [6.45, 7) is 4.35. The number of aryl methyl sites for hydroxylation is 3. The van der Waals surface area contributed by atoms with E-state index < -0.39 is 15.9 Å². The van der Waals surface area contributed by atoms with Gasteiger partial charge in [-0.2, -0.15) is 0 Å². The van der Waals surface area contributed by atoms with Crippen molar-refractivity contribution in [3.8, 4) is 0 Å². The SMILES string of the molecule is CCn1c(C(=O)N(C2CC2)C2CC2)cc2c3c(ncn3C)c(Nc3nc(C)c(C(=O)NC4CCS(=O)(=O)C4)s3)nc21. The summed E-state index contributed by atoms with van der Waals surface area (Å²) in [5, 5.41) is 7.46. The Kier molecular flexibility index (Phi) is 6.12. The van der Waals surface area contributed by atoms with Gasteiger partial charge < -0.3 is 24.7 Å². The molecule has 1 unspecified atom stereocenters. The number of rotatable bonds is 8. The molecule has 1 saturated heterocycles. The van der Waals surface area contributed by atoms with Crippen LogP contribution in [0.4, 0.5) is 10.9 Å². The van der Waals surface area contributed by atoms with Crippen LogP contribution in [-0.4, -0.2) is 78.8 Å². The molecule has 0 bridgehead atoms. The van der Waals surface area contributed by atoms with Crippen LogP contribution < -0.4 is 10.6 Å². The predicted molar refractivity (Wildman–Crippen MR) is 157 cm³/mol. The normalized spacial score (nSPS) is 20.1. The number of hydrogen-bond acceptors (Lipinski definition) is 9. The van der Waals surface area contributed by atoms with Crippen LogP contribution in [0.25, 0.3) is 22.1 Å². The highest BCUT2D eigenvalue weighted by molar-refractivity contribution is 7.91. The molecule has 0 radical (unpaired) electrons. The first-order valence-corrected chi connectivity index (χ1v) is 16.7. The van der Waals surface area contributed by atoms with Crippen molar-refractivity contribution in [2.45, 2.75) is 70.6 Å². The lowest BCUT2D eigenvalue weighted by atomic mass is 10.2. The average Bonchev–Trinajstić information content (AvgIpc) is 3.80. The van der Waals surface area contributed by atoms with E-state index in [2.05, 4.69) is 25.5 Å². The van der Waals surface area contributed by atoms with Crippen molar-refractivity contribution in [1.29, 1.82) is 0 Å². The Morgan fingerprint density at radius 1 is 1.15 bits per heavy atom. The molecule has 0 aromatic carbocycles. The fourth-order valence-corrected chi connectivity index (χ4v) is 8.43. The van der Waals surface area contributed by atoms with Crippen LogP contribution in [0, 0.1) is 6.92 Å². The fraction of sp³-hybridized carbons (Fsp3) is 0.519. The molecule has 4 aromatic rings. The molecule has 1 aliphatic heterocycles. The first kappa shape index (κ1) is 26.4. The average molecular weight is 597 g/mol. The molecule has 216 valence electrons. The van der Waals surface area contributed by atoms with Crippen molar-refractivity contribution >= 4 is 66.0 Å². The van der Waals surface area contributed by atoms with E-state index in [9.17, 15) is 18.0 Å². The van der Waals surface area contributed by atoms with Gasteiger partial charge in [-0.05, 0) is 52.0 Å². The summed E-state index contributed by atoms with van der Waals surface area (Å²) in [5.74, 6) is 0.279. The Morgan fingerprint density at radius 2 is 1.88 bits per heavy atom. The molecule has 2 amide bonds. The number of pyridine rings is 1. The molecule has 3 fully saturated rings. The van der Waals surface area contributed by atoms with E-state index in [1.54, 1.807) is 13.3 Å². The molecule has 2 aliphatic carbocycles. The fourth-order valence-electron chi connectivity index (χ4n) is 5.89. The smallest absolute Gasteiger partial charge is 0.271 e. The molecule has 14 heteroatoms. The van der Waals surface area contributed by atoms with Gasteiger partial charge in [0.25, 0.3) is 11.8 Å². The number of hydrogen-bond donors (Lipinski definition) is 2. The minimum Gasteiger partial charge on any atom is -0.347 e. The summed E-state index contributed by atoms with van der Waals surface area (Å²) in [5.41, 5.74) is 3.38. The molecule has 5 heterocycles. The van der Waals surface area contributed by atoms with E-state index in [0.717, 1.165) is 36.6 Å². The molecule has 2 N–H and O–H groups in total. The van der Waals surface area contributed by atoms with E-state index in [-0.39, 0.29) is 23.3 Å². The van der Waals surface area contributed by atoms with Crippen molar-refractivity contribution in [2.75, 3.05) is 16.8 Å². The standard InChI is InChI=1S/C27H32N8O4S2/c1-4-34-19(26(37)35(16-5-6-16)17-7-8-17)11-18-21-20(28-13-33(21)3)23(31-24(18)34)32-27-29-14(2)22(40-27)25(36)30-15-9-10-41(38,39)12-15/h11,13,15-17H,4-10,12H2,1-3H3,(H,30,36)(H,29,31,32). The largest absolute Gasteiger partial charge is 0.347 e. The van der Waals surface area contributed by atoms with Crippen LogP contribution in [-0.2, 0) is 23.4 Å². The number of aromatic nitrogens is 5. The van der Waals surface area contributed by atoms with E-state index in [0.29, 0.717) is 63.4 Å². The molecular formula is C27H32N8O4S2. The third-order valence-corrected chi connectivity index (χ3v) is 11.0. The Labute approximate surface area is 241 Å². The van der Waals surface area contributed by atoms with Gasteiger partial charge in [0.1, 0.15) is 21.7 Å². The number of carbonyl (C=O) groups excluding carboxylic acids is 2.